The van der Waals surface area contributed by atoms with Gasteiger partial charge in [0.1, 0.15) is 0 Å². The molecule has 6 nitrogen and oxygen atoms in total. The Morgan fingerprint density at radius 1 is 1.14 bits per heavy atom. The maximum Gasteiger partial charge on any atom is 0.264 e. The van der Waals surface area contributed by atoms with Gasteiger partial charge in [-0.1, -0.05) is 18.2 Å². The minimum atomic E-state index is -3.70. The molecule has 0 saturated heterocycles. The summed E-state index contributed by atoms with van der Waals surface area (Å²) in [5.74, 6) is 0.167. The van der Waals surface area contributed by atoms with Gasteiger partial charge in [-0.2, -0.15) is 0 Å². The highest BCUT2D eigenvalue weighted by Gasteiger charge is 2.41. The number of carbonyl (C=O) groups is 1. The van der Waals surface area contributed by atoms with Crippen LogP contribution in [0.25, 0.3) is 0 Å². The second-order valence-corrected chi connectivity index (χ2v) is 9.15. The first-order valence-corrected chi connectivity index (χ1v) is 10.4. The number of nitrogens with zero attached hydrogens (tertiary/aromatic N) is 1. The number of hydrogen-bond donors (Lipinski definition) is 2. The zero-order valence-electron chi connectivity index (χ0n) is 16.0. The third-order valence-electron chi connectivity index (χ3n) is 5.20. The molecule has 3 rings (SSSR count). The van der Waals surface area contributed by atoms with Gasteiger partial charge >= 0.3 is 0 Å². The predicted molar refractivity (Wildman–Crippen MR) is 113 cm³/mol. The molecule has 2 aromatic carbocycles. The summed E-state index contributed by atoms with van der Waals surface area (Å²) < 4.78 is 26.8. The summed E-state index contributed by atoms with van der Waals surface area (Å²) in [5, 5.41) is 3.00. The van der Waals surface area contributed by atoms with Gasteiger partial charge in [0.15, 0.2) is 0 Å². The molecule has 1 saturated carbocycles. The number of rotatable bonds is 7. The summed E-state index contributed by atoms with van der Waals surface area (Å²) in [6.07, 6.45) is 2.13. The number of anilines is 1. The molecule has 1 unspecified atom stereocenters. The Labute approximate surface area is 172 Å². The first-order valence-electron chi connectivity index (χ1n) is 8.94. The lowest BCUT2D eigenvalue weighted by atomic mass is 9.95. The zero-order chi connectivity index (χ0) is 19.7. The lowest BCUT2D eigenvalue weighted by molar-refractivity contribution is 0.0897. The topological polar surface area (TPSA) is 92.5 Å². The summed E-state index contributed by atoms with van der Waals surface area (Å²) in [4.78, 5) is 12.7. The molecule has 1 aliphatic carbocycles. The summed E-state index contributed by atoms with van der Waals surface area (Å²) in [5.41, 5.74) is 6.41. The van der Waals surface area contributed by atoms with Crippen molar-refractivity contribution >= 4 is 34.0 Å². The van der Waals surface area contributed by atoms with E-state index in [2.05, 4.69) is 5.32 Å². The van der Waals surface area contributed by atoms with Gasteiger partial charge in [-0.05, 0) is 62.1 Å². The first kappa shape index (κ1) is 22.2. The van der Waals surface area contributed by atoms with E-state index in [4.69, 9.17) is 5.73 Å². The molecule has 0 spiro atoms. The highest BCUT2D eigenvalue weighted by atomic mass is 35.5. The Kier molecular flexibility index (Phi) is 6.75. The summed E-state index contributed by atoms with van der Waals surface area (Å²) in [6, 6.07) is 14.8. The van der Waals surface area contributed by atoms with Crippen molar-refractivity contribution in [1.29, 1.82) is 0 Å². The second-order valence-electron chi connectivity index (χ2n) is 7.18. The van der Waals surface area contributed by atoms with E-state index in [-0.39, 0.29) is 23.2 Å². The van der Waals surface area contributed by atoms with E-state index in [1.54, 1.807) is 24.3 Å². The van der Waals surface area contributed by atoms with E-state index in [9.17, 15) is 13.2 Å². The number of nitrogens with one attached hydrogen (secondary N) is 1. The van der Waals surface area contributed by atoms with E-state index >= 15 is 0 Å². The fourth-order valence-corrected chi connectivity index (χ4v) is 4.28. The van der Waals surface area contributed by atoms with Crippen LogP contribution in [0.2, 0.25) is 0 Å². The number of para-hydroxylation sites is 1. The predicted octanol–water partition coefficient (Wildman–Crippen LogP) is 2.79. The van der Waals surface area contributed by atoms with Gasteiger partial charge in [0.05, 0.1) is 16.1 Å². The Morgan fingerprint density at radius 3 is 2.21 bits per heavy atom. The first-order chi connectivity index (χ1) is 12.8. The van der Waals surface area contributed by atoms with Crippen LogP contribution in [0.1, 0.15) is 30.1 Å². The van der Waals surface area contributed by atoms with Crippen LogP contribution in [-0.2, 0) is 10.0 Å². The molecule has 152 valence electrons. The Bertz CT molecular complexity index is 915. The van der Waals surface area contributed by atoms with Crippen LogP contribution in [0.15, 0.2) is 59.5 Å². The molecule has 8 heteroatoms. The molecular formula is C20H26ClN3O3S. The molecule has 2 aromatic rings. The van der Waals surface area contributed by atoms with Gasteiger partial charge < -0.3 is 11.1 Å². The minimum absolute atomic E-state index is 0. The molecule has 0 radical (unpaired) electrons. The number of benzene rings is 2. The Balaban J connectivity index is 0.00000280. The second kappa shape index (κ2) is 8.51. The third kappa shape index (κ3) is 4.48. The molecule has 1 fully saturated rings. The van der Waals surface area contributed by atoms with Crippen LogP contribution < -0.4 is 15.4 Å². The molecular weight excluding hydrogens is 398 g/mol. The molecule has 3 N–H and O–H groups in total. The lowest BCUT2D eigenvalue weighted by Gasteiger charge is -2.29. The molecule has 0 aliphatic heterocycles. The molecule has 0 bridgehead atoms. The maximum atomic E-state index is 12.8. The molecule has 0 heterocycles. The summed E-state index contributed by atoms with van der Waals surface area (Å²) >= 11 is 0. The number of carbonyl (C=O) groups excluding carboxylic acids is 1. The average Bonchev–Trinajstić information content (AvgIpc) is 3.54. The molecule has 1 amide bonds. The minimum Gasteiger partial charge on any atom is -0.345 e. The SMILES string of the molecule is CN(c1ccccc1)S(=O)(=O)c1ccc(C(=O)NC(C)(CN)C2CC2)cc1.Cl. The largest absolute Gasteiger partial charge is 0.345 e. The van der Waals surface area contributed by atoms with Gasteiger partial charge in [0.2, 0.25) is 0 Å². The smallest absolute Gasteiger partial charge is 0.264 e. The van der Waals surface area contributed by atoms with Crippen molar-refractivity contribution < 1.29 is 13.2 Å². The molecule has 1 aliphatic rings. The fourth-order valence-electron chi connectivity index (χ4n) is 3.08. The van der Waals surface area contributed by atoms with Crippen LogP contribution in [0.3, 0.4) is 0 Å². The van der Waals surface area contributed by atoms with Crippen LogP contribution >= 0.6 is 12.4 Å². The van der Waals surface area contributed by atoms with E-state index in [1.807, 2.05) is 13.0 Å². The van der Waals surface area contributed by atoms with Crippen LogP contribution in [-0.4, -0.2) is 33.5 Å². The Hall–Kier alpha value is -2.09. The number of hydrogen-bond acceptors (Lipinski definition) is 4. The van der Waals surface area contributed by atoms with E-state index < -0.39 is 15.6 Å². The van der Waals surface area contributed by atoms with E-state index in [0.29, 0.717) is 23.7 Å². The Morgan fingerprint density at radius 2 is 1.71 bits per heavy atom. The van der Waals surface area contributed by atoms with E-state index in [0.717, 1.165) is 12.8 Å². The third-order valence-corrected chi connectivity index (χ3v) is 7.00. The number of halogens is 1. The van der Waals surface area contributed by atoms with Gasteiger partial charge in [0, 0.05) is 19.2 Å². The van der Waals surface area contributed by atoms with Gasteiger partial charge in [-0.15, -0.1) is 12.4 Å². The maximum absolute atomic E-state index is 12.8. The standard InChI is InChI=1S/C20H25N3O3S.ClH/c1-20(14-21,16-10-11-16)22-19(24)15-8-12-18(13-9-15)27(25,26)23(2)17-6-4-3-5-7-17;/h3-9,12-13,16H,10-11,14,21H2,1-2H3,(H,22,24);1H. The number of amides is 1. The number of nitrogens with two attached hydrogens (primary N) is 1. The quantitative estimate of drug-likeness (QED) is 0.716. The normalized spacial score (nSPS) is 15.8. The average molecular weight is 424 g/mol. The van der Waals surface area contributed by atoms with Crippen molar-refractivity contribution in [1.82, 2.24) is 5.32 Å². The van der Waals surface area contributed by atoms with Crippen LogP contribution in [0.5, 0.6) is 0 Å². The molecule has 28 heavy (non-hydrogen) atoms. The van der Waals surface area contributed by atoms with Crippen molar-refractivity contribution in [2.75, 3.05) is 17.9 Å². The van der Waals surface area contributed by atoms with Gasteiger partial charge in [-0.25, -0.2) is 8.42 Å². The van der Waals surface area contributed by atoms with Gasteiger partial charge in [0.25, 0.3) is 15.9 Å². The van der Waals surface area contributed by atoms with Crippen molar-refractivity contribution in [2.45, 2.75) is 30.2 Å². The monoisotopic (exact) mass is 423 g/mol. The number of sulfonamides is 1. The van der Waals surface area contributed by atoms with Gasteiger partial charge in [-0.3, -0.25) is 9.10 Å². The van der Waals surface area contributed by atoms with Crippen LogP contribution in [0.4, 0.5) is 5.69 Å². The van der Waals surface area contributed by atoms with Crippen molar-refractivity contribution in [3.63, 3.8) is 0 Å². The van der Waals surface area contributed by atoms with Crippen molar-refractivity contribution in [2.24, 2.45) is 11.7 Å². The summed E-state index contributed by atoms with van der Waals surface area (Å²) in [6.45, 7) is 2.33. The lowest BCUT2D eigenvalue weighted by Crippen LogP contribution is -2.53. The van der Waals surface area contributed by atoms with Crippen LogP contribution in [0, 0.1) is 5.92 Å². The van der Waals surface area contributed by atoms with Crippen molar-refractivity contribution in [3.05, 3.63) is 60.2 Å². The molecule has 1 atom stereocenters. The highest BCUT2D eigenvalue weighted by molar-refractivity contribution is 7.92. The van der Waals surface area contributed by atoms with E-state index in [1.165, 1.54) is 35.6 Å². The fraction of sp³-hybridized carbons (Fsp3) is 0.350. The zero-order valence-corrected chi connectivity index (χ0v) is 17.6. The highest BCUT2D eigenvalue weighted by Crippen LogP contribution is 2.39. The summed E-state index contributed by atoms with van der Waals surface area (Å²) in [7, 11) is -2.19. The van der Waals surface area contributed by atoms with Crippen molar-refractivity contribution in [3.8, 4) is 0 Å². The molecule has 0 aromatic heterocycles.